The molecular formula is C17H26N2O2. The maximum absolute atomic E-state index is 11.7. The van der Waals surface area contributed by atoms with Crippen LogP contribution in [0.25, 0.3) is 0 Å². The van der Waals surface area contributed by atoms with Gasteiger partial charge in [0.1, 0.15) is 0 Å². The van der Waals surface area contributed by atoms with Crippen LogP contribution < -0.4 is 11.1 Å². The van der Waals surface area contributed by atoms with Crippen LogP contribution in [0.15, 0.2) is 18.2 Å². The van der Waals surface area contributed by atoms with Crippen LogP contribution in [0.1, 0.15) is 49.9 Å². The molecule has 1 aromatic rings. The third kappa shape index (κ3) is 4.38. The predicted molar refractivity (Wildman–Crippen MR) is 86.4 cm³/mol. The highest BCUT2D eigenvalue weighted by Gasteiger charge is 2.18. The van der Waals surface area contributed by atoms with Crippen molar-refractivity contribution in [2.75, 3.05) is 24.2 Å². The first kappa shape index (κ1) is 15.7. The number of hydrogen-bond acceptors (Lipinski definition) is 4. The monoisotopic (exact) mass is 290 g/mol. The number of anilines is 2. The van der Waals surface area contributed by atoms with Crippen LogP contribution in [0.2, 0.25) is 0 Å². The van der Waals surface area contributed by atoms with Gasteiger partial charge in [0.15, 0.2) is 0 Å². The van der Waals surface area contributed by atoms with E-state index >= 15 is 0 Å². The average Bonchev–Trinajstić information content (AvgIpc) is 2.46. The standard InChI is InChI=1S/C17H26N2O2/c1-3-21-17(20)14-7-8-16(15(18)10-14)19-11-13-6-4-5-12(2)9-13/h7-8,10,12-13,19H,3-6,9,11,18H2,1-2H3. The van der Waals surface area contributed by atoms with E-state index in [1.807, 2.05) is 6.07 Å². The molecule has 0 heterocycles. The van der Waals surface area contributed by atoms with Crippen LogP contribution in [0.5, 0.6) is 0 Å². The predicted octanol–water partition coefficient (Wildman–Crippen LogP) is 3.68. The first-order chi connectivity index (χ1) is 10.1. The van der Waals surface area contributed by atoms with Gasteiger partial charge in [0.2, 0.25) is 0 Å². The second-order valence-electron chi connectivity index (χ2n) is 6.04. The zero-order chi connectivity index (χ0) is 15.2. The fourth-order valence-electron chi connectivity index (χ4n) is 3.06. The largest absolute Gasteiger partial charge is 0.462 e. The molecule has 4 heteroatoms. The maximum atomic E-state index is 11.7. The lowest BCUT2D eigenvalue weighted by atomic mass is 9.82. The van der Waals surface area contributed by atoms with Crippen molar-refractivity contribution in [2.24, 2.45) is 11.8 Å². The number of nitrogen functional groups attached to an aromatic ring is 1. The molecule has 116 valence electrons. The SMILES string of the molecule is CCOC(=O)c1ccc(NCC2CCCC(C)C2)c(N)c1. The number of esters is 1. The molecule has 4 nitrogen and oxygen atoms in total. The lowest BCUT2D eigenvalue weighted by Gasteiger charge is -2.27. The van der Waals surface area contributed by atoms with E-state index in [0.29, 0.717) is 17.9 Å². The molecule has 2 atom stereocenters. The summed E-state index contributed by atoms with van der Waals surface area (Å²) in [5, 5.41) is 3.42. The lowest BCUT2D eigenvalue weighted by Crippen LogP contribution is -2.21. The second kappa shape index (κ2) is 7.34. The summed E-state index contributed by atoms with van der Waals surface area (Å²) in [4.78, 5) is 11.7. The maximum Gasteiger partial charge on any atom is 0.338 e. The normalized spacial score (nSPS) is 21.8. The molecule has 0 spiro atoms. The highest BCUT2D eigenvalue weighted by Crippen LogP contribution is 2.29. The Labute approximate surface area is 127 Å². The van der Waals surface area contributed by atoms with Crippen LogP contribution in [0.4, 0.5) is 11.4 Å². The van der Waals surface area contributed by atoms with Gasteiger partial charge in [-0.2, -0.15) is 0 Å². The van der Waals surface area contributed by atoms with Gasteiger partial charge in [0, 0.05) is 6.54 Å². The minimum atomic E-state index is -0.322. The smallest absolute Gasteiger partial charge is 0.338 e. The molecule has 0 radical (unpaired) electrons. The molecule has 0 amide bonds. The summed E-state index contributed by atoms with van der Waals surface area (Å²) in [5.41, 5.74) is 8.04. The molecule has 0 aliphatic heterocycles. The van der Waals surface area contributed by atoms with Gasteiger partial charge in [0.25, 0.3) is 0 Å². The third-order valence-electron chi connectivity index (χ3n) is 4.19. The summed E-state index contributed by atoms with van der Waals surface area (Å²) in [7, 11) is 0. The molecule has 1 fully saturated rings. The van der Waals surface area contributed by atoms with E-state index in [1.165, 1.54) is 25.7 Å². The summed E-state index contributed by atoms with van der Waals surface area (Å²) in [5.74, 6) is 1.23. The quantitative estimate of drug-likeness (QED) is 0.641. The molecule has 21 heavy (non-hydrogen) atoms. The number of hydrogen-bond donors (Lipinski definition) is 2. The van der Waals surface area contributed by atoms with Crippen molar-refractivity contribution in [1.82, 2.24) is 0 Å². The van der Waals surface area contributed by atoms with Crippen LogP contribution in [-0.2, 0) is 4.74 Å². The number of carbonyl (C=O) groups excluding carboxylic acids is 1. The Hall–Kier alpha value is -1.71. The molecule has 2 rings (SSSR count). The Kier molecular flexibility index (Phi) is 5.48. The Balaban J connectivity index is 1.93. The van der Waals surface area contributed by atoms with Gasteiger partial charge in [-0.3, -0.25) is 0 Å². The number of carbonyl (C=O) groups is 1. The molecule has 0 aromatic heterocycles. The van der Waals surface area contributed by atoms with E-state index in [4.69, 9.17) is 10.5 Å². The minimum Gasteiger partial charge on any atom is -0.462 e. The van der Waals surface area contributed by atoms with Gasteiger partial charge >= 0.3 is 5.97 Å². The Morgan fingerprint density at radius 3 is 2.90 bits per heavy atom. The van der Waals surface area contributed by atoms with Gasteiger partial charge < -0.3 is 15.8 Å². The molecule has 3 N–H and O–H groups in total. The van der Waals surface area contributed by atoms with Crippen molar-refractivity contribution in [3.05, 3.63) is 23.8 Å². The third-order valence-corrected chi connectivity index (χ3v) is 4.19. The fraction of sp³-hybridized carbons (Fsp3) is 0.588. The zero-order valence-electron chi connectivity index (χ0n) is 13.0. The molecule has 2 unspecified atom stereocenters. The zero-order valence-corrected chi connectivity index (χ0v) is 13.0. The van der Waals surface area contributed by atoms with Gasteiger partial charge in [-0.25, -0.2) is 4.79 Å². The summed E-state index contributed by atoms with van der Waals surface area (Å²) in [6.45, 7) is 5.45. The Morgan fingerprint density at radius 1 is 1.43 bits per heavy atom. The van der Waals surface area contributed by atoms with Crippen LogP contribution in [0.3, 0.4) is 0 Å². The van der Waals surface area contributed by atoms with Gasteiger partial charge in [0.05, 0.1) is 23.5 Å². The Morgan fingerprint density at radius 2 is 2.24 bits per heavy atom. The van der Waals surface area contributed by atoms with Gasteiger partial charge in [-0.1, -0.05) is 19.8 Å². The van der Waals surface area contributed by atoms with E-state index < -0.39 is 0 Å². The molecular weight excluding hydrogens is 264 g/mol. The summed E-state index contributed by atoms with van der Waals surface area (Å²) >= 11 is 0. The van der Waals surface area contributed by atoms with Gasteiger partial charge in [-0.05, 0) is 49.8 Å². The molecule has 1 aliphatic carbocycles. The number of nitrogens with one attached hydrogen (secondary N) is 1. The van der Waals surface area contributed by atoms with Crippen molar-refractivity contribution in [2.45, 2.75) is 39.5 Å². The van der Waals surface area contributed by atoms with E-state index in [-0.39, 0.29) is 5.97 Å². The van der Waals surface area contributed by atoms with E-state index in [1.54, 1.807) is 19.1 Å². The minimum absolute atomic E-state index is 0.322. The first-order valence-corrected chi connectivity index (χ1v) is 7.90. The van der Waals surface area contributed by atoms with Crippen molar-refractivity contribution in [3.8, 4) is 0 Å². The lowest BCUT2D eigenvalue weighted by molar-refractivity contribution is 0.0526. The molecule has 1 aromatic carbocycles. The van der Waals surface area contributed by atoms with Crippen molar-refractivity contribution >= 4 is 17.3 Å². The number of rotatable bonds is 5. The highest BCUT2D eigenvalue weighted by molar-refractivity contribution is 5.91. The number of nitrogens with two attached hydrogens (primary N) is 1. The molecule has 0 saturated heterocycles. The van der Waals surface area contributed by atoms with Crippen molar-refractivity contribution in [1.29, 1.82) is 0 Å². The summed E-state index contributed by atoms with van der Waals surface area (Å²) < 4.78 is 4.97. The number of benzene rings is 1. The second-order valence-corrected chi connectivity index (χ2v) is 6.04. The average molecular weight is 290 g/mol. The van der Waals surface area contributed by atoms with E-state index in [2.05, 4.69) is 12.2 Å². The van der Waals surface area contributed by atoms with E-state index in [9.17, 15) is 4.79 Å². The van der Waals surface area contributed by atoms with Gasteiger partial charge in [-0.15, -0.1) is 0 Å². The molecule has 0 bridgehead atoms. The first-order valence-electron chi connectivity index (χ1n) is 7.90. The highest BCUT2D eigenvalue weighted by atomic mass is 16.5. The molecule has 1 saturated carbocycles. The van der Waals surface area contributed by atoms with Crippen molar-refractivity contribution < 1.29 is 9.53 Å². The Bertz CT molecular complexity index is 488. The van der Waals surface area contributed by atoms with Crippen molar-refractivity contribution in [3.63, 3.8) is 0 Å². The van der Waals surface area contributed by atoms with Crippen LogP contribution >= 0.6 is 0 Å². The van der Waals surface area contributed by atoms with Crippen LogP contribution in [-0.4, -0.2) is 19.1 Å². The summed E-state index contributed by atoms with van der Waals surface area (Å²) in [6, 6.07) is 5.32. The van der Waals surface area contributed by atoms with Crippen LogP contribution in [0, 0.1) is 11.8 Å². The van der Waals surface area contributed by atoms with E-state index in [0.717, 1.165) is 24.1 Å². The number of ether oxygens (including phenoxy) is 1. The molecule has 1 aliphatic rings. The summed E-state index contributed by atoms with van der Waals surface area (Å²) in [6.07, 6.45) is 5.25. The topological polar surface area (TPSA) is 64.3 Å². The fourth-order valence-corrected chi connectivity index (χ4v) is 3.06.